The fraction of sp³-hybridized carbons (Fsp3) is 0.467. The van der Waals surface area contributed by atoms with Crippen molar-refractivity contribution in [2.45, 2.75) is 30.1 Å². The monoisotopic (exact) mass is 394 g/mol. The van der Waals surface area contributed by atoms with Gasteiger partial charge in [0.25, 0.3) is 0 Å². The summed E-state index contributed by atoms with van der Waals surface area (Å²) in [4.78, 5) is 0.0754. The van der Waals surface area contributed by atoms with Crippen molar-refractivity contribution >= 4 is 32.3 Å². The van der Waals surface area contributed by atoms with Crippen LogP contribution < -0.4 is 10.0 Å². The third-order valence-electron chi connectivity index (χ3n) is 3.79. The van der Waals surface area contributed by atoms with Gasteiger partial charge in [-0.15, -0.1) is 12.4 Å². The van der Waals surface area contributed by atoms with Gasteiger partial charge in [-0.1, -0.05) is 11.6 Å². The molecule has 0 aliphatic carbocycles. The van der Waals surface area contributed by atoms with E-state index in [4.69, 9.17) is 0 Å². The van der Waals surface area contributed by atoms with Gasteiger partial charge in [-0.05, 0) is 50.1 Å². The lowest BCUT2D eigenvalue weighted by Gasteiger charge is -2.16. The molecule has 1 aliphatic rings. The zero-order valence-electron chi connectivity index (χ0n) is 13.9. The van der Waals surface area contributed by atoms with E-state index in [-0.39, 0.29) is 34.3 Å². The molecule has 9 heteroatoms. The second kappa shape index (κ2) is 7.97. The van der Waals surface area contributed by atoms with Crippen LogP contribution in [-0.2, 0) is 19.9 Å². The predicted octanol–water partition coefficient (Wildman–Crippen LogP) is 1.33. The van der Waals surface area contributed by atoms with Gasteiger partial charge in [0.2, 0.25) is 10.0 Å². The molecule has 0 bridgehead atoms. The first-order valence-electron chi connectivity index (χ1n) is 7.31. The van der Waals surface area contributed by atoms with Crippen LogP contribution in [0.4, 0.5) is 0 Å². The van der Waals surface area contributed by atoms with Crippen LogP contribution in [0.15, 0.2) is 33.6 Å². The van der Waals surface area contributed by atoms with Crippen LogP contribution in [0.5, 0.6) is 0 Å². The molecule has 136 valence electrons. The molecule has 1 aromatic rings. The van der Waals surface area contributed by atoms with Crippen LogP contribution in [0, 0.1) is 13.8 Å². The molecule has 1 aliphatic heterocycles. The Hall–Kier alpha value is -0.930. The molecule has 0 radical (unpaired) electrons. The Morgan fingerprint density at radius 3 is 2.29 bits per heavy atom. The molecular formula is C15H23ClN2O4S2. The summed E-state index contributed by atoms with van der Waals surface area (Å²) in [5, 5.41) is 3.16. The van der Waals surface area contributed by atoms with Crippen LogP contribution in [-0.4, -0.2) is 42.7 Å². The van der Waals surface area contributed by atoms with Crippen LogP contribution in [0.25, 0.3) is 0 Å². The van der Waals surface area contributed by atoms with E-state index < -0.39 is 19.9 Å². The average molecular weight is 395 g/mol. The molecule has 0 atom stereocenters. The summed E-state index contributed by atoms with van der Waals surface area (Å²) in [5.74, 6) is 0. The largest absolute Gasteiger partial charge is 0.313 e. The van der Waals surface area contributed by atoms with Gasteiger partial charge < -0.3 is 5.32 Å². The summed E-state index contributed by atoms with van der Waals surface area (Å²) in [6.07, 6.45) is 3.85. The predicted molar refractivity (Wildman–Crippen MR) is 97.0 cm³/mol. The highest BCUT2D eigenvalue weighted by Crippen LogP contribution is 2.25. The zero-order valence-corrected chi connectivity index (χ0v) is 16.4. The molecular weight excluding hydrogens is 372 g/mol. The standard InChI is InChI=1S/C15H22N2O4S2.ClH/c1-11-8-14(22(3,18)19)12(2)15(9-11)23(20,21)17-10-13-4-6-16-7-5-13;/h4,8-9,16-17H,5-7,10H2,1-3H3;1H. The molecule has 0 unspecified atom stereocenters. The normalized spacial score (nSPS) is 15.5. The first kappa shape index (κ1) is 21.1. The number of benzene rings is 1. The van der Waals surface area contributed by atoms with Gasteiger partial charge in [-0.25, -0.2) is 21.6 Å². The maximum atomic E-state index is 12.6. The van der Waals surface area contributed by atoms with Crippen molar-refractivity contribution in [3.8, 4) is 0 Å². The minimum absolute atomic E-state index is 0. The van der Waals surface area contributed by atoms with Gasteiger partial charge in [0.05, 0.1) is 9.79 Å². The molecule has 6 nitrogen and oxygen atoms in total. The molecule has 1 heterocycles. The minimum Gasteiger partial charge on any atom is -0.313 e. The summed E-state index contributed by atoms with van der Waals surface area (Å²) in [7, 11) is -7.26. The van der Waals surface area contributed by atoms with Gasteiger partial charge in [0.1, 0.15) is 0 Å². The van der Waals surface area contributed by atoms with Crippen molar-refractivity contribution in [3.05, 3.63) is 34.9 Å². The minimum atomic E-state index is -3.77. The molecule has 2 N–H and O–H groups in total. The SMILES string of the molecule is Cc1cc(S(C)(=O)=O)c(C)c(S(=O)(=O)NCC2=CCNCC2)c1.Cl. The van der Waals surface area contributed by atoms with Gasteiger partial charge in [-0.2, -0.15) is 0 Å². The van der Waals surface area contributed by atoms with Gasteiger partial charge in [0.15, 0.2) is 9.84 Å². The molecule has 0 saturated carbocycles. The van der Waals surface area contributed by atoms with Gasteiger partial charge in [-0.3, -0.25) is 0 Å². The van der Waals surface area contributed by atoms with Gasteiger partial charge >= 0.3 is 0 Å². The maximum Gasteiger partial charge on any atom is 0.241 e. The Morgan fingerprint density at radius 2 is 1.75 bits per heavy atom. The Balaban J connectivity index is 0.00000288. The van der Waals surface area contributed by atoms with Crippen LogP contribution >= 0.6 is 12.4 Å². The highest BCUT2D eigenvalue weighted by atomic mass is 35.5. The van der Waals surface area contributed by atoms with Crippen LogP contribution in [0.3, 0.4) is 0 Å². The first-order chi connectivity index (χ1) is 10.6. The molecule has 0 saturated heterocycles. The van der Waals surface area contributed by atoms with Crippen molar-refractivity contribution in [2.24, 2.45) is 0 Å². The number of sulfonamides is 1. The average Bonchev–Trinajstić information content (AvgIpc) is 2.47. The van der Waals surface area contributed by atoms with Crippen molar-refractivity contribution in [1.82, 2.24) is 10.0 Å². The third-order valence-corrected chi connectivity index (χ3v) is 6.54. The summed E-state index contributed by atoms with van der Waals surface area (Å²) < 4.78 is 51.4. The number of sulfone groups is 1. The summed E-state index contributed by atoms with van der Waals surface area (Å²) >= 11 is 0. The molecule has 1 aromatic carbocycles. The van der Waals surface area contributed by atoms with Crippen molar-refractivity contribution in [1.29, 1.82) is 0 Å². The molecule has 0 amide bonds. The number of rotatable bonds is 5. The fourth-order valence-corrected chi connectivity index (χ4v) is 5.07. The summed E-state index contributed by atoms with van der Waals surface area (Å²) in [5.41, 5.74) is 1.88. The van der Waals surface area contributed by atoms with E-state index >= 15 is 0 Å². The second-order valence-corrected chi connectivity index (χ2v) is 9.52. The first-order valence-corrected chi connectivity index (χ1v) is 10.7. The van der Waals surface area contributed by atoms with Crippen molar-refractivity contribution in [3.63, 3.8) is 0 Å². The van der Waals surface area contributed by atoms with Crippen LogP contribution in [0.1, 0.15) is 17.5 Å². The Bertz CT molecular complexity index is 846. The van der Waals surface area contributed by atoms with E-state index in [0.29, 0.717) is 5.56 Å². The third kappa shape index (κ3) is 5.03. The van der Waals surface area contributed by atoms with Crippen LogP contribution in [0.2, 0.25) is 0 Å². The highest BCUT2D eigenvalue weighted by molar-refractivity contribution is 7.91. The Kier molecular flexibility index (Phi) is 7.01. The van der Waals surface area contributed by atoms with E-state index in [9.17, 15) is 16.8 Å². The maximum absolute atomic E-state index is 12.6. The van der Waals surface area contributed by atoms with Crippen molar-refractivity contribution < 1.29 is 16.8 Å². The van der Waals surface area contributed by atoms with E-state index in [1.54, 1.807) is 6.92 Å². The lowest BCUT2D eigenvalue weighted by atomic mass is 10.1. The number of nitrogens with one attached hydrogen (secondary N) is 2. The molecule has 0 fully saturated rings. The highest BCUT2D eigenvalue weighted by Gasteiger charge is 2.23. The summed E-state index contributed by atoms with van der Waals surface area (Å²) in [6, 6.07) is 3.00. The number of aryl methyl sites for hydroxylation is 1. The number of hydrogen-bond donors (Lipinski definition) is 2. The van der Waals surface area contributed by atoms with Crippen molar-refractivity contribution in [2.75, 3.05) is 25.9 Å². The fourth-order valence-electron chi connectivity index (χ4n) is 2.55. The molecule has 0 aromatic heterocycles. The topological polar surface area (TPSA) is 92.3 Å². The molecule has 0 spiro atoms. The Labute approximate surface area is 150 Å². The smallest absolute Gasteiger partial charge is 0.241 e. The van der Waals surface area contributed by atoms with E-state index in [1.807, 2.05) is 6.08 Å². The zero-order chi connectivity index (χ0) is 17.3. The lowest BCUT2D eigenvalue weighted by Crippen LogP contribution is -2.30. The summed E-state index contributed by atoms with van der Waals surface area (Å²) in [6.45, 7) is 5.01. The van der Waals surface area contributed by atoms with Gasteiger partial charge in [0, 0.05) is 19.3 Å². The molecule has 2 rings (SSSR count). The van der Waals surface area contributed by atoms with E-state index in [1.165, 1.54) is 19.1 Å². The number of halogens is 1. The van der Waals surface area contributed by atoms with E-state index in [0.717, 1.165) is 31.3 Å². The lowest BCUT2D eigenvalue weighted by molar-refractivity contribution is 0.581. The number of hydrogen-bond acceptors (Lipinski definition) is 5. The Morgan fingerprint density at radius 1 is 1.12 bits per heavy atom. The molecule has 24 heavy (non-hydrogen) atoms. The second-order valence-electron chi connectivity index (χ2n) is 5.80. The quantitative estimate of drug-likeness (QED) is 0.735. The van der Waals surface area contributed by atoms with E-state index in [2.05, 4.69) is 10.0 Å².